The number of fused-ring (bicyclic) bond motifs is 1. The van der Waals surface area contributed by atoms with Gasteiger partial charge in [-0.1, -0.05) is 52.8 Å². The van der Waals surface area contributed by atoms with E-state index in [1.54, 1.807) is 18.2 Å². The molecule has 0 spiro atoms. The zero-order valence-electron chi connectivity index (χ0n) is 18.4. The van der Waals surface area contributed by atoms with Gasteiger partial charge in [-0.3, -0.25) is 0 Å². The summed E-state index contributed by atoms with van der Waals surface area (Å²) in [5.74, 6) is 0.669. The van der Waals surface area contributed by atoms with E-state index in [0.29, 0.717) is 17.2 Å². The number of esters is 1. The molecule has 0 aromatic heterocycles. The Labute approximate surface area is 173 Å². The summed E-state index contributed by atoms with van der Waals surface area (Å²) in [6.45, 7) is 14.5. The van der Waals surface area contributed by atoms with Gasteiger partial charge in [-0.25, -0.2) is 4.79 Å². The Morgan fingerprint density at radius 3 is 2.28 bits per heavy atom. The SMILES string of the molecule is Cc1cc(C(=O)Oc2ccc(O)cc2C(C)(C)C)c2c(C)ccc(C(C)C)cc1-2. The quantitative estimate of drug-likeness (QED) is 0.397. The number of phenols is 1. The molecule has 0 fully saturated rings. The summed E-state index contributed by atoms with van der Waals surface area (Å²) in [5, 5.41) is 9.89. The fourth-order valence-corrected chi connectivity index (χ4v) is 3.71. The first-order valence-corrected chi connectivity index (χ1v) is 10.1. The van der Waals surface area contributed by atoms with Gasteiger partial charge >= 0.3 is 5.97 Å². The maximum absolute atomic E-state index is 13.2. The molecule has 0 saturated carbocycles. The van der Waals surface area contributed by atoms with E-state index in [1.165, 1.54) is 5.56 Å². The normalized spacial score (nSPS) is 11.9. The van der Waals surface area contributed by atoms with Crippen LogP contribution in [0.25, 0.3) is 11.1 Å². The smallest absolute Gasteiger partial charge is 0.344 e. The molecule has 0 bridgehead atoms. The third-order valence-electron chi connectivity index (χ3n) is 5.42. The van der Waals surface area contributed by atoms with Crippen LogP contribution in [0.5, 0.6) is 11.5 Å². The summed E-state index contributed by atoms with van der Waals surface area (Å²) >= 11 is 0. The number of ether oxygens (including phenoxy) is 1. The fraction of sp³-hybridized carbons (Fsp3) is 0.346. The van der Waals surface area contributed by atoms with Gasteiger partial charge in [0.1, 0.15) is 11.5 Å². The standard InChI is InChI=1S/C26H30O3/c1-15(2)18-9-8-16(3)24-20(13-18)17(4)12-21(24)25(28)29-23-11-10-19(27)14-22(23)26(5,6)7/h8-15,27H,1-7H3. The van der Waals surface area contributed by atoms with Gasteiger partial charge in [0.05, 0.1) is 5.56 Å². The van der Waals surface area contributed by atoms with Crippen molar-refractivity contribution >= 4 is 5.97 Å². The van der Waals surface area contributed by atoms with Crippen molar-refractivity contribution in [1.29, 1.82) is 0 Å². The molecule has 0 saturated heterocycles. The number of aryl methyl sites for hydroxylation is 2. The number of rotatable bonds is 3. The summed E-state index contributed by atoms with van der Waals surface area (Å²) < 4.78 is 5.85. The summed E-state index contributed by atoms with van der Waals surface area (Å²) in [7, 11) is 0. The van der Waals surface area contributed by atoms with E-state index in [1.807, 2.05) is 40.7 Å². The molecular formula is C26H30O3. The van der Waals surface area contributed by atoms with Gasteiger partial charge in [0.25, 0.3) is 0 Å². The zero-order chi connectivity index (χ0) is 21.5. The van der Waals surface area contributed by atoms with Crippen LogP contribution in [0.1, 0.15) is 73.1 Å². The average Bonchev–Trinajstić information content (AvgIpc) is 2.84. The van der Waals surface area contributed by atoms with Gasteiger partial charge in [-0.05, 0) is 77.3 Å². The van der Waals surface area contributed by atoms with Crippen molar-refractivity contribution in [1.82, 2.24) is 0 Å². The van der Waals surface area contributed by atoms with Crippen molar-refractivity contribution in [2.45, 2.75) is 59.8 Å². The van der Waals surface area contributed by atoms with Crippen LogP contribution in [0.4, 0.5) is 0 Å². The van der Waals surface area contributed by atoms with Gasteiger partial charge in [0.15, 0.2) is 0 Å². The summed E-state index contributed by atoms with van der Waals surface area (Å²) in [4.78, 5) is 13.2. The number of carbonyl (C=O) groups excluding carboxylic acids is 1. The molecule has 0 atom stereocenters. The van der Waals surface area contributed by atoms with Crippen LogP contribution in [0.2, 0.25) is 0 Å². The van der Waals surface area contributed by atoms with Gasteiger partial charge in [-0.2, -0.15) is 0 Å². The molecule has 0 heterocycles. The Morgan fingerprint density at radius 2 is 1.66 bits per heavy atom. The molecule has 0 radical (unpaired) electrons. The lowest BCUT2D eigenvalue weighted by Crippen LogP contribution is -2.16. The lowest BCUT2D eigenvalue weighted by Gasteiger charge is -2.22. The van der Waals surface area contributed by atoms with Crippen molar-refractivity contribution in [3.8, 4) is 22.6 Å². The molecule has 1 aromatic rings. The molecule has 3 nitrogen and oxygen atoms in total. The third-order valence-corrected chi connectivity index (χ3v) is 5.42. The highest BCUT2D eigenvalue weighted by Crippen LogP contribution is 2.38. The second kappa shape index (κ2) is 7.55. The molecule has 2 aliphatic carbocycles. The number of hydrogen-bond donors (Lipinski definition) is 1. The number of carbonyl (C=O) groups is 1. The van der Waals surface area contributed by atoms with E-state index < -0.39 is 0 Å². The van der Waals surface area contributed by atoms with Crippen LogP contribution in [0, 0.1) is 13.8 Å². The van der Waals surface area contributed by atoms with E-state index in [9.17, 15) is 9.90 Å². The highest BCUT2D eigenvalue weighted by molar-refractivity contribution is 6.02. The molecule has 2 aliphatic rings. The van der Waals surface area contributed by atoms with Gasteiger partial charge in [-0.15, -0.1) is 0 Å². The predicted molar refractivity (Wildman–Crippen MR) is 118 cm³/mol. The minimum Gasteiger partial charge on any atom is -0.508 e. The monoisotopic (exact) mass is 390 g/mol. The third kappa shape index (κ3) is 4.14. The molecule has 0 unspecified atom stereocenters. The number of phenolic OH excluding ortho intramolecular Hbond substituents is 1. The van der Waals surface area contributed by atoms with Crippen molar-refractivity contribution in [2.24, 2.45) is 0 Å². The zero-order valence-corrected chi connectivity index (χ0v) is 18.4. The number of aromatic hydroxyl groups is 1. The van der Waals surface area contributed by atoms with Crippen LogP contribution in [-0.2, 0) is 5.41 Å². The van der Waals surface area contributed by atoms with Gasteiger partial charge in [0, 0.05) is 5.56 Å². The van der Waals surface area contributed by atoms with E-state index in [-0.39, 0.29) is 17.1 Å². The van der Waals surface area contributed by atoms with E-state index in [2.05, 4.69) is 32.0 Å². The number of benzene rings is 1. The number of hydrogen-bond acceptors (Lipinski definition) is 3. The average molecular weight is 391 g/mol. The minimum atomic E-state index is -0.375. The van der Waals surface area contributed by atoms with Crippen LogP contribution < -0.4 is 4.74 Å². The van der Waals surface area contributed by atoms with Crippen LogP contribution in [-0.4, -0.2) is 11.1 Å². The van der Waals surface area contributed by atoms with Gasteiger partial charge < -0.3 is 9.84 Å². The van der Waals surface area contributed by atoms with E-state index in [0.717, 1.165) is 27.8 Å². The Morgan fingerprint density at radius 1 is 0.966 bits per heavy atom. The first kappa shape index (κ1) is 20.9. The fourth-order valence-electron chi connectivity index (χ4n) is 3.71. The second-order valence-corrected chi connectivity index (χ2v) is 9.17. The summed E-state index contributed by atoms with van der Waals surface area (Å²) in [5.41, 5.74) is 6.48. The maximum Gasteiger partial charge on any atom is 0.344 e. The van der Waals surface area contributed by atoms with Crippen molar-refractivity contribution in [3.05, 3.63) is 70.3 Å². The van der Waals surface area contributed by atoms with Crippen molar-refractivity contribution in [2.75, 3.05) is 0 Å². The molecule has 29 heavy (non-hydrogen) atoms. The topological polar surface area (TPSA) is 46.5 Å². The summed E-state index contributed by atoms with van der Waals surface area (Å²) in [6.07, 6.45) is 0. The van der Waals surface area contributed by atoms with Gasteiger partial charge in [0.2, 0.25) is 0 Å². The predicted octanol–water partition coefficient (Wildman–Crippen LogP) is 6.75. The second-order valence-electron chi connectivity index (χ2n) is 9.17. The lowest BCUT2D eigenvalue weighted by molar-refractivity contribution is 0.0732. The first-order chi connectivity index (χ1) is 13.5. The Hall–Kier alpha value is -2.81. The molecule has 0 aliphatic heterocycles. The highest BCUT2D eigenvalue weighted by Gasteiger charge is 2.25. The highest BCUT2D eigenvalue weighted by atomic mass is 16.5. The first-order valence-electron chi connectivity index (χ1n) is 10.1. The Bertz CT molecular complexity index is 1040. The molecule has 0 amide bonds. The maximum atomic E-state index is 13.2. The Kier molecular flexibility index (Phi) is 5.44. The molecule has 3 rings (SSSR count). The molecular weight excluding hydrogens is 360 g/mol. The van der Waals surface area contributed by atoms with Crippen LogP contribution in [0.3, 0.4) is 0 Å². The molecule has 152 valence electrons. The minimum absolute atomic E-state index is 0.161. The van der Waals surface area contributed by atoms with Crippen LogP contribution >= 0.6 is 0 Å². The molecule has 3 heteroatoms. The largest absolute Gasteiger partial charge is 0.508 e. The van der Waals surface area contributed by atoms with E-state index >= 15 is 0 Å². The molecule has 1 aromatic carbocycles. The van der Waals surface area contributed by atoms with Crippen LogP contribution in [0.15, 0.2) is 42.5 Å². The van der Waals surface area contributed by atoms with E-state index in [4.69, 9.17) is 4.74 Å². The van der Waals surface area contributed by atoms with Crippen molar-refractivity contribution in [3.63, 3.8) is 0 Å². The van der Waals surface area contributed by atoms with Crippen molar-refractivity contribution < 1.29 is 14.6 Å². The summed E-state index contributed by atoms with van der Waals surface area (Å²) in [6, 6.07) is 13.2. The molecule has 1 N–H and O–H groups in total. The lowest BCUT2D eigenvalue weighted by atomic mass is 9.86. The Balaban J connectivity index is 2.07.